The fraction of sp³-hybridized carbons (Fsp3) is 0.692. The Balaban J connectivity index is 1.89. The van der Waals surface area contributed by atoms with Crippen LogP contribution in [0.3, 0.4) is 0 Å². The highest BCUT2D eigenvalue weighted by Gasteiger charge is 2.13. The topological polar surface area (TPSA) is 68.3 Å². The maximum Gasteiger partial charge on any atom is 0.226 e. The quantitative estimate of drug-likeness (QED) is 0.800. The zero-order valence-corrected chi connectivity index (χ0v) is 11.6. The molecule has 106 valence electrons. The molecule has 0 bridgehead atoms. The minimum atomic E-state index is 0.165. The molecule has 6 heteroatoms. The Kier molecular flexibility index (Phi) is 5.35. The van der Waals surface area contributed by atoms with Gasteiger partial charge in [-0.15, -0.1) is 0 Å². The first-order valence-electron chi connectivity index (χ1n) is 6.82. The van der Waals surface area contributed by atoms with Crippen molar-refractivity contribution in [1.82, 2.24) is 15.3 Å². The van der Waals surface area contributed by atoms with Gasteiger partial charge in [0.05, 0.1) is 19.3 Å². The van der Waals surface area contributed by atoms with E-state index in [0.717, 1.165) is 31.8 Å². The summed E-state index contributed by atoms with van der Waals surface area (Å²) < 4.78 is 11.1. The van der Waals surface area contributed by atoms with Gasteiger partial charge in [-0.05, 0) is 13.3 Å². The fourth-order valence-electron chi connectivity index (χ4n) is 1.86. The number of aromatic nitrogens is 2. The van der Waals surface area contributed by atoms with Crippen molar-refractivity contribution in [3.8, 4) is 5.88 Å². The van der Waals surface area contributed by atoms with Gasteiger partial charge < -0.3 is 20.1 Å². The molecule has 2 rings (SSSR count). The highest BCUT2D eigenvalue weighted by molar-refractivity contribution is 5.30. The summed E-state index contributed by atoms with van der Waals surface area (Å²) >= 11 is 0. The highest BCUT2D eigenvalue weighted by Crippen LogP contribution is 2.12. The Labute approximate surface area is 113 Å². The van der Waals surface area contributed by atoms with E-state index in [0.29, 0.717) is 25.0 Å². The van der Waals surface area contributed by atoms with Crippen molar-refractivity contribution in [1.29, 1.82) is 0 Å². The summed E-state index contributed by atoms with van der Waals surface area (Å²) in [5, 5.41) is 6.50. The van der Waals surface area contributed by atoms with Gasteiger partial charge >= 0.3 is 0 Å². The van der Waals surface area contributed by atoms with Crippen LogP contribution in [0.5, 0.6) is 5.88 Å². The fourth-order valence-corrected chi connectivity index (χ4v) is 1.86. The van der Waals surface area contributed by atoms with Gasteiger partial charge in [0.1, 0.15) is 0 Å². The molecule has 2 heterocycles. The van der Waals surface area contributed by atoms with E-state index in [4.69, 9.17) is 9.47 Å². The first-order valence-corrected chi connectivity index (χ1v) is 6.82. The van der Waals surface area contributed by atoms with Gasteiger partial charge in [0.2, 0.25) is 11.8 Å². The molecule has 0 amide bonds. The Hall–Kier alpha value is -1.40. The summed E-state index contributed by atoms with van der Waals surface area (Å²) in [6.45, 7) is 7.91. The van der Waals surface area contributed by atoms with Crippen molar-refractivity contribution < 1.29 is 9.47 Å². The third-order valence-corrected chi connectivity index (χ3v) is 2.78. The minimum absolute atomic E-state index is 0.165. The molecule has 0 aliphatic carbocycles. The number of hydrogen-bond acceptors (Lipinski definition) is 6. The zero-order valence-electron chi connectivity index (χ0n) is 11.6. The van der Waals surface area contributed by atoms with Gasteiger partial charge in [-0.1, -0.05) is 6.92 Å². The van der Waals surface area contributed by atoms with Crippen LogP contribution in [0.25, 0.3) is 0 Å². The molecule has 1 saturated heterocycles. The van der Waals surface area contributed by atoms with Gasteiger partial charge in [-0.3, -0.25) is 0 Å². The number of hydrogen-bond donors (Lipinski definition) is 2. The number of nitrogens with zero attached hydrogens (tertiary/aromatic N) is 2. The molecule has 0 radical (unpaired) electrons. The van der Waals surface area contributed by atoms with E-state index < -0.39 is 0 Å². The Morgan fingerprint density at radius 2 is 2.42 bits per heavy atom. The maximum absolute atomic E-state index is 5.61. The Morgan fingerprint density at radius 3 is 3.16 bits per heavy atom. The molecule has 1 aliphatic heterocycles. The largest absolute Gasteiger partial charge is 0.478 e. The van der Waals surface area contributed by atoms with Crippen molar-refractivity contribution in [2.75, 3.05) is 38.2 Å². The van der Waals surface area contributed by atoms with E-state index in [1.807, 2.05) is 13.0 Å². The van der Waals surface area contributed by atoms with E-state index in [-0.39, 0.29) is 6.10 Å². The van der Waals surface area contributed by atoms with Crippen LogP contribution in [0.1, 0.15) is 19.0 Å². The average molecular weight is 266 g/mol. The van der Waals surface area contributed by atoms with Crippen LogP contribution in [0.15, 0.2) is 6.07 Å². The van der Waals surface area contributed by atoms with E-state index in [2.05, 4.69) is 27.5 Å². The molecule has 1 aromatic rings. The molecule has 1 aliphatic rings. The van der Waals surface area contributed by atoms with Crippen LogP contribution in [0, 0.1) is 6.92 Å². The van der Waals surface area contributed by atoms with E-state index in [1.54, 1.807) is 0 Å². The monoisotopic (exact) mass is 266 g/mol. The lowest BCUT2D eigenvalue weighted by molar-refractivity contribution is 0.0371. The van der Waals surface area contributed by atoms with Crippen LogP contribution >= 0.6 is 0 Å². The van der Waals surface area contributed by atoms with E-state index in [1.165, 1.54) is 0 Å². The molecule has 6 nitrogen and oxygen atoms in total. The molecular formula is C13H22N4O2. The molecule has 0 spiro atoms. The smallest absolute Gasteiger partial charge is 0.226 e. The molecule has 0 saturated carbocycles. The van der Waals surface area contributed by atoms with Crippen molar-refractivity contribution in [3.05, 3.63) is 11.8 Å². The lowest BCUT2D eigenvalue weighted by Crippen LogP contribution is -2.42. The lowest BCUT2D eigenvalue weighted by atomic mass is 10.3. The van der Waals surface area contributed by atoms with Gasteiger partial charge in [-0.25, -0.2) is 4.98 Å². The number of anilines is 1. The molecule has 2 N–H and O–H groups in total. The number of ether oxygens (including phenoxy) is 2. The SMILES string of the molecule is CCCOc1cc(C)nc(NCC2CNCCO2)n1. The minimum Gasteiger partial charge on any atom is -0.478 e. The maximum atomic E-state index is 5.61. The Morgan fingerprint density at radius 1 is 1.53 bits per heavy atom. The number of nitrogens with one attached hydrogen (secondary N) is 2. The number of morpholine rings is 1. The summed E-state index contributed by atoms with van der Waals surface area (Å²) in [7, 11) is 0. The van der Waals surface area contributed by atoms with Crippen LogP contribution in [-0.2, 0) is 4.74 Å². The zero-order chi connectivity index (χ0) is 13.5. The standard InChI is InChI=1S/C13H22N4O2/c1-3-5-19-12-7-10(2)16-13(17-12)15-9-11-8-14-4-6-18-11/h7,11,14H,3-6,8-9H2,1-2H3,(H,15,16,17). The molecule has 1 unspecified atom stereocenters. The molecule has 1 atom stereocenters. The van der Waals surface area contributed by atoms with Crippen LogP contribution in [0.4, 0.5) is 5.95 Å². The van der Waals surface area contributed by atoms with Gasteiger partial charge in [0, 0.05) is 31.4 Å². The normalized spacial score (nSPS) is 19.2. The second-order valence-electron chi connectivity index (χ2n) is 4.60. The molecule has 19 heavy (non-hydrogen) atoms. The average Bonchev–Trinajstić information content (AvgIpc) is 2.43. The van der Waals surface area contributed by atoms with Gasteiger partial charge in [0.25, 0.3) is 0 Å². The van der Waals surface area contributed by atoms with Crippen LogP contribution in [0.2, 0.25) is 0 Å². The van der Waals surface area contributed by atoms with Crippen molar-refractivity contribution in [3.63, 3.8) is 0 Å². The second-order valence-corrected chi connectivity index (χ2v) is 4.60. The summed E-state index contributed by atoms with van der Waals surface area (Å²) in [5.74, 6) is 1.22. The summed E-state index contributed by atoms with van der Waals surface area (Å²) in [5.41, 5.74) is 0.895. The van der Waals surface area contributed by atoms with Crippen LogP contribution in [-0.4, -0.2) is 48.9 Å². The molecule has 0 aromatic carbocycles. The van der Waals surface area contributed by atoms with Crippen molar-refractivity contribution in [2.45, 2.75) is 26.4 Å². The highest BCUT2D eigenvalue weighted by atomic mass is 16.5. The number of aryl methyl sites for hydroxylation is 1. The predicted molar refractivity (Wildman–Crippen MR) is 73.7 cm³/mol. The van der Waals surface area contributed by atoms with Gasteiger partial charge in [-0.2, -0.15) is 4.98 Å². The summed E-state index contributed by atoms with van der Waals surface area (Å²) in [6, 6.07) is 1.85. The van der Waals surface area contributed by atoms with Crippen molar-refractivity contribution >= 4 is 5.95 Å². The number of rotatable bonds is 6. The summed E-state index contributed by atoms with van der Waals surface area (Å²) in [6.07, 6.45) is 1.13. The van der Waals surface area contributed by atoms with Gasteiger partial charge in [0.15, 0.2) is 0 Å². The lowest BCUT2D eigenvalue weighted by Gasteiger charge is -2.23. The first kappa shape index (κ1) is 14.0. The van der Waals surface area contributed by atoms with E-state index >= 15 is 0 Å². The molecular weight excluding hydrogens is 244 g/mol. The Bertz CT molecular complexity index is 394. The van der Waals surface area contributed by atoms with Crippen molar-refractivity contribution in [2.24, 2.45) is 0 Å². The summed E-state index contributed by atoms with van der Waals surface area (Å²) in [4.78, 5) is 8.68. The first-order chi connectivity index (χ1) is 9.28. The third-order valence-electron chi connectivity index (χ3n) is 2.78. The molecule has 1 fully saturated rings. The third kappa shape index (κ3) is 4.65. The van der Waals surface area contributed by atoms with Crippen LogP contribution < -0.4 is 15.4 Å². The van der Waals surface area contributed by atoms with E-state index in [9.17, 15) is 0 Å². The second kappa shape index (κ2) is 7.25. The predicted octanol–water partition coefficient (Wildman–Crippen LogP) is 0.974. The molecule has 1 aromatic heterocycles.